The molecule has 4 atom stereocenters. The van der Waals surface area contributed by atoms with Crippen molar-refractivity contribution in [1.82, 2.24) is 21.3 Å². The molecule has 1 heterocycles. The largest absolute Gasteiger partial charge is 0.393 e. The molecule has 1 aliphatic rings. The van der Waals surface area contributed by atoms with Crippen LogP contribution in [0.4, 0.5) is 0 Å². The van der Waals surface area contributed by atoms with Crippen LogP contribution < -0.4 is 21.3 Å². The minimum Gasteiger partial charge on any atom is -0.393 e. The van der Waals surface area contributed by atoms with Crippen molar-refractivity contribution in [2.45, 2.75) is 103 Å². The second kappa shape index (κ2) is 18.3. The maximum atomic E-state index is 12.9. The Morgan fingerprint density at radius 1 is 1.19 bits per heavy atom. The number of aliphatic hydroxyl groups excluding tert-OH is 1. The molecule has 5 N–H and O–H groups in total. The van der Waals surface area contributed by atoms with Gasteiger partial charge in [0, 0.05) is 31.2 Å². The number of carbonyl (C=O) groups excluding carboxylic acids is 4. The van der Waals surface area contributed by atoms with Gasteiger partial charge in [0.15, 0.2) is 0 Å². The number of hydrogen-bond donors (Lipinski definition) is 5. The highest BCUT2D eigenvalue weighted by atomic mass is 16.3. The van der Waals surface area contributed by atoms with Gasteiger partial charge in [-0.25, -0.2) is 0 Å². The normalized spacial score (nSPS) is 23.1. The van der Waals surface area contributed by atoms with Crippen molar-refractivity contribution in [3.8, 4) is 0 Å². The Bertz CT molecular complexity index is 821. The van der Waals surface area contributed by atoms with E-state index < -0.39 is 42.0 Å². The SMILES string of the molecule is CC[C@H](NC(=O)/C=C/C=C/CCCCCC(C)C)C(=O)N[C@H]1C[C@@H](O)CCNC(=O)/C=C/[C@H](C)NC1=O. The van der Waals surface area contributed by atoms with E-state index in [1.807, 2.05) is 12.2 Å². The molecule has 4 amide bonds. The predicted molar refractivity (Wildman–Crippen MR) is 145 cm³/mol. The smallest absolute Gasteiger partial charge is 0.244 e. The molecular weight excluding hydrogens is 472 g/mol. The van der Waals surface area contributed by atoms with E-state index in [9.17, 15) is 24.3 Å². The summed E-state index contributed by atoms with van der Waals surface area (Å²) in [6, 6.07) is -2.27. The summed E-state index contributed by atoms with van der Waals surface area (Å²) in [4.78, 5) is 49.7. The lowest BCUT2D eigenvalue weighted by Gasteiger charge is -2.25. The van der Waals surface area contributed by atoms with Gasteiger partial charge in [-0.3, -0.25) is 19.2 Å². The summed E-state index contributed by atoms with van der Waals surface area (Å²) in [7, 11) is 0. The monoisotopic (exact) mass is 518 g/mol. The van der Waals surface area contributed by atoms with Gasteiger partial charge in [-0.1, -0.05) is 64.3 Å². The molecule has 0 aliphatic carbocycles. The third kappa shape index (κ3) is 15.0. The van der Waals surface area contributed by atoms with E-state index in [1.54, 1.807) is 26.0 Å². The molecule has 0 aromatic rings. The zero-order valence-electron chi connectivity index (χ0n) is 22.8. The average Bonchev–Trinajstić information content (AvgIpc) is 2.83. The van der Waals surface area contributed by atoms with E-state index in [-0.39, 0.29) is 25.3 Å². The number of unbranched alkanes of at least 4 members (excludes halogenated alkanes) is 3. The lowest BCUT2D eigenvalue weighted by atomic mass is 10.0. The number of amides is 4. The van der Waals surface area contributed by atoms with E-state index >= 15 is 0 Å². The second-order valence-corrected chi connectivity index (χ2v) is 9.98. The molecule has 9 nitrogen and oxygen atoms in total. The van der Waals surface area contributed by atoms with Gasteiger partial charge >= 0.3 is 0 Å². The van der Waals surface area contributed by atoms with Gasteiger partial charge in [0.1, 0.15) is 12.1 Å². The van der Waals surface area contributed by atoms with Crippen molar-refractivity contribution in [2.24, 2.45) is 5.92 Å². The number of carbonyl (C=O) groups is 4. The lowest BCUT2D eigenvalue weighted by molar-refractivity contribution is -0.132. The van der Waals surface area contributed by atoms with Gasteiger partial charge in [0.25, 0.3) is 0 Å². The van der Waals surface area contributed by atoms with Crippen LogP contribution in [0.25, 0.3) is 0 Å². The number of hydrogen-bond acceptors (Lipinski definition) is 5. The second-order valence-electron chi connectivity index (χ2n) is 9.98. The lowest BCUT2D eigenvalue weighted by Crippen LogP contribution is -2.55. The number of aliphatic hydroxyl groups is 1. The van der Waals surface area contributed by atoms with Gasteiger partial charge in [0.2, 0.25) is 23.6 Å². The van der Waals surface area contributed by atoms with Crippen LogP contribution in [0.15, 0.2) is 36.5 Å². The van der Waals surface area contributed by atoms with Gasteiger partial charge in [-0.2, -0.15) is 0 Å². The molecule has 0 unspecified atom stereocenters. The first kappa shape index (κ1) is 32.1. The fourth-order valence-electron chi connectivity index (χ4n) is 3.80. The summed E-state index contributed by atoms with van der Waals surface area (Å²) in [6.07, 6.45) is 15.2. The minimum atomic E-state index is -0.988. The van der Waals surface area contributed by atoms with Crippen LogP contribution in [-0.4, -0.2) is 59.5 Å². The highest BCUT2D eigenvalue weighted by Crippen LogP contribution is 2.10. The maximum Gasteiger partial charge on any atom is 0.244 e. The molecule has 1 rings (SSSR count). The molecule has 0 fully saturated rings. The summed E-state index contributed by atoms with van der Waals surface area (Å²) in [5.74, 6) is -0.942. The Morgan fingerprint density at radius 2 is 1.95 bits per heavy atom. The molecule has 0 saturated heterocycles. The Kier molecular flexibility index (Phi) is 15.9. The number of nitrogens with one attached hydrogen (secondary N) is 4. The minimum absolute atomic E-state index is 0.0174. The molecule has 208 valence electrons. The highest BCUT2D eigenvalue weighted by Gasteiger charge is 2.28. The Morgan fingerprint density at radius 3 is 2.65 bits per heavy atom. The third-order valence-electron chi connectivity index (χ3n) is 6.01. The molecular formula is C28H46N4O5. The van der Waals surface area contributed by atoms with E-state index in [2.05, 4.69) is 35.1 Å². The molecule has 0 spiro atoms. The topological polar surface area (TPSA) is 137 Å². The van der Waals surface area contributed by atoms with Crippen molar-refractivity contribution in [3.05, 3.63) is 36.5 Å². The van der Waals surface area contributed by atoms with Crippen molar-refractivity contribution in [3.63, 3.8) is 0 Å². The molecule has 0 aromatic carbocycles. The molecule has 0 saturated carbocycles. The molecule has 0 aromatic heterocycles. The van der Waals surface area contributed by atoms with Gasteiger partial charge in [0.05, 0.1) is 6.10 Å². The number of allylic oxidation sites excluding steroid dienone is 3. The molecule has 1 aliphatic heterocycles. The number of rotatable bonds is 12. The van der Waals surface area contributed by atoms with E-state index in [0.29, 0.717) is 6.42 Å². The average molecular weight is 519 g/mol. The standard InChI is InChI=1S/C28H46N4O5/c1-5-23(31-26(35)14-12-10-8-6-7-9-11-13-20(2)3)27(36)32-24-19-22(33)17-18-29-25(34)16-15-21(4)30-28(24)37/h8,10,12,14-16,20-24,33H,5-7,9,11,13,17-19H2,1-4H3,(H,29,34)(H,30,37)(H,31,35)(H,32,36)/b10-8+,14-12+,16-15+/t21-,22-,23-,24-/m0/s1. The fourth-order valence-corrected chi connectivity index (χ4v) is 3.80. The van der Waals surface area contributed by atoms with Gasteiger partial charge in [-0.15, -0.1) is 0 Å². The Hall–Kier alpha value is -2.94. The van der Waals surface area contributed by atoms with Gasteiger partial charge in [-0.05, 0) is 38.5 Å². The fraction of sp³-hybridized carbons (Fsp3) is 0.643. The van der Waals surface area contributed by atoms with Crippen LogP contribution in [0.3, 0.4) is 0 Å². The maximum absolute atomic E-state index is 12.9. The highest BCUT2D eigenvalue weighted by molar-refractivity contribution is 5.95. The first-order valence-electron chi connectivity index (χ1n) is 13.5. The molecule has 37 heavy (non-hydrogen) atoms. The summed E-state index contributed by atoms with van der Waals surface area (Å²) in [6.45, 7) is 8.17. The van der Waals surface area contributed by atoms with E-state index in [1.165, 1.54) is 31.4 Å². The Balaban J connectivity index is 2.62. The molecule has 0 bridgehead atoms. The van der Waals surface area contributed by atoms with Crippen LogP contribution in [0.5, 0.6) is 0 Å². The quantitative estimate of drug-likeness (QED) is 0.154. The van der Waals surface area contributed by atoms with Crippen molar-refractivity contribution < 1.29 is 24.3 Å². The van der Waals surface area contributed by atoms with E-state index in [4.69, 9.17) is 0 Å². The predicted octanol–water partition coefficient (Wildman–Crippen LogP) is 2.42. The zero-order valence-corrected chi connectivity index (χ0v) is 22.8. The summed E-state index contributed by atoms with van der Waals surface area (Å²) >= 11 is 0. The van der Waals surface area contributed by atoms with Crippen LogP contribution in [0.2, 0.25) is 0 Å². The van der Waals surface area contributed by atoms with Gasteiger partial charge < -0.3 is 26.4 Å². The van der Waals surface area contributed by atoms with Crippen LogP contribution in [-0.2, 0) is 19.2 Å². The summed E-state index contributed by atoms with van der Waals surface area (Å²) < 4.78 is 0. The molecule has 0 radical (unpaired) electrons. The third-order valence-corrected chi connectivity index (χ3v) is 6.01. The first-order chi connectivity index (χ1) is 17.6. The van der Waals surface area contributed by atoms with Crippen molar-refractivity contribution in [2.75, 3.05) is 6.54 Å². The first-order valence-corrected chi connectivity index (χ1v) is 13.5. The van der Waals surface area contributed by atoms with Crippen molar-refractivity contribution in [1.29, 1.82) is 0 Å². The summed E-state index contributed by atoms with van der Waals surface area (Å²) in [5.41, 5.74) is 0. The zero-order chi connectivity index (χ0) is 27.6. The van der Waals surface area contributed by atoms with Crippen LogP contribution >= 0.6 is 0 Å². The Labute approximate surface area is 221 Å². The van der Waals surface area contributed by atoms with Crippen LogP contribution in [0, 0.1) is 5.92 Å². The van der Waals surface area contributed by atoms with Crippen molar-refractivity contribution >= 4 is 23.6 Å². The molecule has 9 heteroatoms. The summed E-state index contributed by atoms with van der Waals surface area (Å²) in [5, 5.41) is 21.0. The van der Waals surface area contributed by atoms with E-state index in [0.717, 1.165) is 18.8 Å². The van der Waals surface area contributed by atoms with Crippen LogP contribution in [0.1, 0.15) is 79.1 Å².